The fourth-order valence-corrected chi connectivity index (χ4v) is 3.05. The average molecular weight is 383 g/mol. The molecule has 0 fully saturated rings. The molecule has 0 atom stereocenters. The predicted octanol–water partition coefficient (Wildman–Crippen LogP) is 3.40. The lowest BCUT2D eigenvalue weighted by atomic mass is 10.1. The molecule has 1 aromatic carbocycles. The number of ether oxygens (including phenoxy) is 2. The first-order valence-corrected chi connectivity index (χ1v) is 9.47. The van der Waals surface area contributed by atoms with E-state index in [1.807, 2.05) is 55.6 Å². The number of nitrogens with one attached hydrogen (secondary N) is 1. The van der Waals surface area contributed by atoms with E-state index in [1.54, 1.807) is 17.4 Å². The van der Waals surface area contributed by atoms with Crippen LogP contribution in [-0.2, 0) is 4.79 Å². The first kappa shape index (κ1) is 18.8. The van der Waals surface area contributed by atoms with Crippen molar-refractivity contribution >= 4 is 17.2 Å². The third kappa shape index (κ3) is 5.52. The van der Waals surface area contributed by atoms with Crippen molar-refractivity contribution in [2.24, 2.45) is 0 Å². The Kier molecular flexibility index (Phi) is 6.38. The number of thiophene rings is 1. The predicted molar refractivity (Wildman–Crippen MR) is 105 cm³/mol. The van der Waals surface area contributed by atoms with Crippen molar-refractivity contribution in [2.75, 3.05) is 19.8 Å². The Labute approximate surface area is 162 Å². The molecule has 0 aliphatic carbocycles. The smallest absolute Gasteiger partial charge is 0.258 e. The molecule has 7 heteroatoms. The number of aryl methyl sites for hydroxylation is 2. The summed E-state index contributed by atoms with van der Waals surface area (Å²) in [4.78, 5) is 12.9. The summed E-state index contributed by atoms with van der Waals surface area (Å²) in [5, 5.41) is 12.9. The monoisotopic (exact) mass is 383 g/mol. The molecule has 3 aromatic rings. The standard InChI is InChI=1S/C20H21N3O3S/c1-14-5-6-15(2)17(12-14)26-13-19(24)21-9-10-25-20-8-7-16(22-23-20)18-4-3-11-27-18/h3-8,11-12H,9-10,13H2,1-2H3,(H,21,24). The molecule has 140 valence electrons. The Bertz CT molecular complexity index is 880. The second-order valence-electron chi connectivity index (χ2n) is 5.99. The van der Waals surface area contributed by atoms with E-state index in [1.165, 1.54) is 0 Å². The molecule has 27 heavy (non-hydrogen) atoms. The summed E-state index contributed by atoms with van der Waals surface area (Å²) in [6.07, 6.45) is 0. The lowest BCUT2D eigenvalue weighted by Gasteiger charge is -2.10. The van der Waals surface area contributed by atoms with E-state index in [0.717, 1.165) is 27.4 Å². The van der Waals surface area contributed by atoms with Crippen LogP contribution in [0.5, 0.6) is 11.6 Å². The van der Waals surface area contributed by atoms with Crippen LogP contribution in [0.25, 0.3) is 10.6 Å². The van der Waals surface area contributed by atoms with Crippen molar-refractivity contribution in [2.45, 2.75) is 13.8 Å². The average Bonchev–Trinajstić information content (AvgIpc) is 3.21. The second-order valence-corrected chi connectivity index (χ2v) is 6.94. The zero-order chi connectivity index (χ0) is 19.1. The van der Waals surface area contributed by atoms with Gasteiger partial charge in [0, 0.05) is 6.07 Å². The fraction of sp³-hybridized carbons (Fsp3) is 0.250. The van der Waals surface area contributed by atoms with Gasteiger partial charge >= 0.3 is 0 Å². The number of carbonyl (C=O) groups is 1. The van der Waals surface area contributed by atoms with Crippen LogP contribution in [0.2, 0.25) is 0 Å². The zero-order valence-electron chi connectivity index (χ0n) is 15.3. The molecule has 0 aliphatic rings. The van der Waals surface area contributed by atoms with Crippen molar-refractivity contribution in [1.82, 2.24) is 15.5 Å². The zero-order valence-corrected chi connectivity index (χ0v) is 16.1. The van der Waals surface area contributed by atoms with Crippen molar-refractivity contribution in [1.29, 1.82) is 0 Å². The summed E-state index contributed by atoms with van der Waals surface area (Å²) >= 11 is 1.61. The molecule has 0 spiro atoms. The van der Waals surface area contributed by atoms with E-state index >= 15 is 0 Å². The first-order chi connectivity index (χ1) is 13.1. The van der Waals surface area contributed by atoms with Crippen LogP contribution in [0, 0.1) is 13.8 Å². The molecule has 0 bridgehead atoms. The largest absolute Gasteiger partial charge is 0.483 e. The molecule has 6 nitrogen and oxygen atoms in total. The quantitative estimate of drug-likeness (QED) is 0.604. The number of rotatable bonds is 8. The molecular weight excluding hydrogens is 362 g/mol. The van der Waals surface area contributed by atoms with Gasteiger partial charge in [-0.3, -0.25) is 4.79 Å². The van der Waals surface area contributed by atoms with E-state index in [-0.39, 0.29) is 12.5 Å². The summed E-state index contributed by atoms with van der Waals surface area (Å²) in [5.74, 6) is 0.956. The molecule has 1 N–H and O–H groups in total. The van der Waals surface area contributed by atoms with Gasteiger partial charge in [0.25, 0.3) is 5.91 Å². The Morgan fingerprint density at radius 1 is 1.11 bits per heavy atom. The van der Waals surface area contributed by atoms with Crippen LogP contribution >= 0.6 is 11.3 Å². The van der Waals surface area contributed by atoms with Crippen LogP contribution in [0.15, 0.2) is 47.8 Å². The molecular formula is C20H21N3O3S. The molecule has 0 aliphatic heterocycles. The van der Waals surface area contributed by atoms with Crippen LogP contribution in [0.4, 0.5) is 0 Å². The van der Waals surface area contributed by atoms with E-state index in [2.05, 4.69) is 15.5 Å². The van der Waals surface area contributed by atoms with Crippen LogP contribution in [-0.4, -0.2) is 35.9 Å². The number of hydrogen-bond donors (Lipinski definition) is 1. The van der Waals surface area contributed by atoms with Gasteiger partial charge in [-0.1, -0.05) is 18.2 Å². The first-order valence-electron chi connectivity index (χ1n) is 8.59. The minimum absolute atomic E-state index is 0.0282. The second kappa shape index (κ2) is 9.14. The Morgan fingerprint density at radius 3 is 2.74 bits per heavy atom. The molecule has 1 amide bonds. The molecule has 2 aromatic heterocycles. The van der Waals surface area contributed by atoms with E-state index in [4.69, 9.17) is 9.47 Å². The molecule has 3 rings (SSSR count). The van der Waals surface area contributed by atoms with Gasteiger partial charge in [0.2, 0.25) is 5.88 Å². The minimum atomic E-state index is -0.196. The lowest BCUT2D eigenvalue weighted by molar-refractivity contribution is -0.123. The number of benzene rings is 1. The van der Waals surface area contributed by atoms with E-state index < -0.39 is 0 Å². The summed E-state index contributed by atoms with van der Waals surface area (Å²) < 4.78 is 11.1. The maximum atomic E-state index is 11.9. The minimum Gasteiger partial charge on any atom is -0.483 e. The highest BCUT2D eigenvalue weighted by Crippen LogP contribution is 2.22. The van der Waals surface area contributed by atoms with Gasteiger partial charge in [0.15, 0.2) is 6.61 Å². The van der Waals surface area contributed by atoms with Gasteiger partial charge in [0.05, 0.1) is 11.4 Å². The maximum Gasteiger partial charge on any atom is 0.258 e. The van der Waals surface area contributed by atoms with Crippen molar-refractivity contribution in [3.8, 4) is 22.2 Å². The fourth-order valence-electron chi connectivity index (χ4n) is 2.36. The normalized spacial score (nSPS) is 10.4. The Hall–Kier alpha value is -2.93. The number of amides is 1. The Morgan fingerprint density at radius 2 is 2.00 bits per heavy atom. The molecule has 0 unspecified atom stereocenters. The molecule has 0 saturated heterocycles. The van der Waals surface area contributed by atoms with Crippen LogP contribution < -0.4 is 14.8 Å². The van der Waals surface area contributed by atoms with Crippen molar-refractivity contribution in [3.05, 3.63) is 59.0 Å². The highest BCUT2D eigenvalue weighted by molar-refractivity contribution is 7.13. The van der Waals surface area contributed by atoms with Gasteiger partial charge in [0.1, 0.15) is 18.1 Å². The number of carbonyl (C=O) groups excluding carboxylic acids is 1. The number of aromatic nitrogens is 2. The summed E-state index contributed by atoms with van der Waals surface area (Å²) in [7, 11) is 0. The van der Waals surface area contributed by atoms with Gasteiger partial charge in [-0.05, 0) is 48.6 Å². The maximum absolute atomic E-state index is 11.9. The summed E-state index contributed by atoms with van der Waals surface area (Å²) in [5.41, 5.74) is 2.91. The molecule has 0 radical (unpaired) electrons. The third-order valence-electron chi connectivity index (χ3n) is 3.79. The highest BCUT2D eigenvalue weighted by Gasteiger charge is 2.06. The number of hydrogen-bond acceptors (Lipinski definition) is 6. The van der Waals surface area contributed by atoms with Gasteiger partial charge in [-0.15, -0.1) is 21.5 Å². The van der Waals surface area contributed by atoms with Gasteiger partial charge in [-0.25, -0.2) is 0 Å². The molecule has 0 saturated carbocycles. The van der Waals surface area contributed by atoms with Crippen molar-refractivity contribution < 1.29 is 14.3 Å². The highest BCUT2D eigenvalue weighted by atomic mass is 32.1. The topological polar surface area (TPSA) is 73.3 Å². The molecule has 2 heterocycles. The Balaban J connectivity index is 1.37. The van der Waals surface area contributed by atoms with E-state index in [0.29, 0.717) is 19.0 Å². The lowest BCUT2D eigenvalue weighted by Crippen LogP contribution is -2.32. The van der Waals surface area contributed by atoms with Gasteiger partial charge in [-0.2, -0.15) is 0 Å². The summed E-state index contributed by atoms with van der Waals surface area (Å²) in [6.45, 7) is 4.58. The third-order valence-corrected chi connectivity index (χ3v) is 4.68. The number of nitrogens with zero attached hydrogens (tertiary/aromatic N) is 2. The van der Waals surface area contributed by atoms with Crippen LogP contribution in [0.1, 0.15) is 11.1 Å². The van der Waals surface area contributed by atoms with E-state index in [9.17, 15) is 4.79 Å². The van der Waals surface area contributed by atoms with Crippen molar-refractivity contribution in [3.63, 3.8) is 0 Å². The SMILES string of the molecule is Cc1ccc(C)c(OCC(=O)NCCOc2ccc(-c3cccs3)nn2)c1. The van der Waals surface area contributed by atoms with Gasteiger partial charge < -0.3 is 14.8 Å². The summed E-state index contributed by atoms with van der Waals surface area (Å²) in [6, 6.07) is 13.5. The van der Waals surface area contributed by atoms with Crippen LogP contribution in [0.3, 0.4) is 0 Å².